The van der Waals surface area contributed by atoms with E-state index in [4.69, 9.17) is 4.98 Å². The molecular weight excluding hydrogens is 376 g/mol. The van der Waals surface area contributed by atoms with Crippen molar-refractivity contribution in [3.8, 4) is 11.3 Å². The van der Waals surface area contributed by atoms with Crippen molar-refractivity contribution in [3.63, 3.8) is 0 Å². The number of hydrogen-bond donors (Lipinski definition) is 1. The monoisotopic (exact) mass is 394 g/mol. The number of amides is 1. The van der Waals surface area contributed by atoms with E-state index in [1.807, 2.05) is 24.3 Å². The van der Waals surface area contributed by atoms with Gasteiger partial charge in [0, 0.05) is 21.5 Å². The Labute approximate surface area is 155 Å². The second-order valence-electron chi connectivity index (χ2n) is 6.76. The molecule has 1 aliphatic carbocycles. The molecule has 1 saturated carbocycles. The van der Waals surface area contributed by atoms with E-state index < -0.39 is 0 Å². The summed E-state index contributed by atoms with van der Waals surface area (Å²) in [5, 5.41) is 3.97. The molecule has 3 nitrogen and oxygen atoms in total. The number of rotatable bonds is 3. The fraction of sp³-hybridized carbons (Fsp3) is 0.238. The zero-order valence-corrected chi connectivity index (χ0v) is 15.9. The fourth-order valence-corrected chi connectivity index (χ4v) is 3.29. The van der Waals surface area contributed by atoms with Crippen LogP contribution < -0.4 is 5.32 Å². The minimum atomic E-state index is -0.0157. The predicted octanol–water partition coefficient (Wildman–Crippen LogP) is 5.17. The molecule has 1 heterocycles. The maximum Gasteiger partial charge on any atom is 0.252 e. The smallest absolute Gasteiger partial charge is 0.252 e. The van der Waals surface area contributed by atoms with E-state index >= 15 is 0 Å². The van der Waals surface area contributed by atoms with E-state index in [2.05, 4.69) is 53.3 Å². The summed E-state index contributed by atoms with van der Waals surface area (Å²) in [7, 11) is 0. The first-order valence-electron chi connectivity index (χ1n) is 8.50. The summed E-state index contributed by atoms with van der Waals surface area (Å²) >= 11 is 3.50. The van der Waals surface area contributed by atoms with Gasteiger partial charge in [0.15, 0.2) is 0 Å². The van der Waals surface area contributed by atoms with Gasteiger partial charge in [-0.2, -0.15) is 0 Å². The molecule has 2 aromatic carbocycles. The van der Waals surface area contributed by atoms with Crippen molar-refractivity contribution in [1.82, 2.24) is 10.3 Å². The standard InChI is InChI=1S/C21H19BrN2O/c1-12-3-4-14(9-13(12)2)20-11-18(21(25)23-16-6-7-16)17-10-15(22)5-8-19(17)24-20/h3-5,8-11,16H,6-7H2,1-2H3,(H,23,25). The molecule has 4 heteroatoms. The van der Waals surface area contributed by atoms with Crippen LogP contribution >= 0.6 is 15.9 Å². The Hall–Kier alpha value is -2.20. The van der Waals surface area contributed by atoms with Gasteiger partial charge in [-0.1, -0.05) is 28.1 Å². The van der Waals surface area contributed by atoms with Crippen LogP contribution in [-0.2, 0) is 0 Å². The Morgan fingerprint density at radius 3 is 2.60 bits per heavy atom. The molecule has 1 aromatic heterocycles. The van der Waals surface area contributed by atoms with Gasteiger partial charge in [-0.05, 0) is 68.1 Å². The second-order valence-corrected chi connectivity index (χ2v) is 7.68. The lowest BCUT2D eigenvalue weighted by Gasteiger charge is -2.11. The van der Waals surface area contributed by atoms with Crippen LogP contribution in [0.2, 0.25) is 0 Å². The van der Waals surface area contributed by atoms with E-state index in [1.54, 1.807) is 0 Å². The third-order valence-electron chi connectivity index (χ3n) is 4.73. The van der Waals surface area contributed by atoms with Crippen molar-refractivity contribution in [2.45, 2.75) is 32.7 Å². The molecule has 4 rings (SSSR count). The van der Waals surface area contributed by atoms with Crippen LogP contribution in [0.4, 0.5) is 0 Å². The average Bonchev–Trinajstić information content (AvgIpc) is 3.40. The summed E-state index contributed by atoms with van der Waals surface area (Å²) in [5.74, 6) is -0.0157. The van der Waals surface area contributed by atoms with Crippen LogP contribution in [0.3, 0.4) is 0 Å². The van der Waals surface area contributed by atoms with Crippen molar-refractivity contribution in [2.24, 2.45) is 0 Å². The average molecular weight is 395 g/mol. The molecule has 0 radical (unpaired) electrons. The van der Waals surface area contributed by atoms with Crippen LogP contribution in [-0.4, -0.2) is 16.9 Å². The first-order chi connectivity index (χ1) is 12.0. The minimum Gasteiger partial charge on any atom is -0.349 e. The van der Waals surface area contributed by atoms with E-state index in [0.29, 0.717) is 11.6 Å². The number of fused-ring (bicyclic) bond motifs is 1. The number of halogens is 1. The van der Waals surface area contributed by atoms with E-state index in [9.17, 15) is 4.79 Å². The molecule has 126 valence electrons. The Morgan fingerprint density at radius 1 is 1.08 bits per heavy atom. The summed E-state index contributed by atoms with van der Waals surface area (Å²) in [6.07, 6.45) is 2.14. The number of benzene rings is 2. The molecule has 3 aromatic rings. The third-order valence-corrected chi connectivity index (χ3v) is 5.22. The third kappa shape index (κ3) is 3.31. The molecule has 1 aliphatic rings. The minimum absolute atomic E-state index is 0.0157. The van der Waals surface area contributed by atoms with Gasteiger partial charge in [0.1, 0.15) is 0 Å². The van der Waals surface area contributed by atoms with Crippen LogP contribution in [0.15, 0.2) is 46.9 Å². The van der Waals surface area contributed by atoms with Gasteiger partial charge < -0.3 is 5.32 Å². The van der Waals surface area contributed by atoms with Gasteiger partial charge >= 0.3 is 0 Å². The highest BCUT2D eigenvalue weighted by Gasteiger charge is 2.25. The van der Waals surface area contributed by atoms with Crippen LogP contribution in [0.25, 0.3) is 22.2 Å². The number of pyridine rings is 1. The Balaban J connectivity index is 1.88. The zero-order chi connectivity index (χ0) is 17.6. The first kappa shape index (κ1) is 16.3. The summed E-state index contributed by atoms with van der Waals surface area (Å²) in [6, 6.07) is 14.4. The Bertz CT molecular complexity index is 993. The van der Waals surface area contributed by atoms with Crippen molar-refractivity contribution in [2.75, 3.05) is 0 Å². The SMILES string of the molecule is Cc1ccc(-c2cc(C(=O)NC3CC3)c3cc(Br)ccc3n2)cc1C. The largest absolute Gasteiger partial charge is 0.349 e. The van der Waals surface area contributed by atoms with Gasteiger partial charge in [0.2, 0.25) is 0 Å². The van der Waals surface area contributed by atoms with Gasteiger partial charge in [-0.3, -0.25) is 4.79 Å². The molecule has 1 amide bonds. The van der Waals surface area contributed by atoms with Crippen LogP contribution in [0.1, 0.15) is 34.3 Å². The van der Waals surface area contributed by atoms with Gasteiger partial charge in [0.25, 0.3) is 5.91 Å². The number of hydrogen-bond acceptors (Lipinski definition) is 2. The normalized spacial score (nSPS) is 13.9. The van der Waals surface area contributed by atoms with Gasteiger partial charge in [0.05, 0.1) is 16.8 Å². The number of carbonyl (C=O) groups is 1. The van der Waals surface area contributed by atoms with Crippen molar-refractivity contribution < 1.29 is 4.79 Å². The number of nitrogens with zero attached hydrogens (tertiary/aromatic N) is 1. The lowest BCUT2D eigenvalue weighted by atomic mass is 10.0. The highest BCUT2D eigenvalue weighted by Crippen LogP contribution is 2.29. The Morgan fingerprint density at radius 2 is 1.88 bits per heavy atom. The molecule has 0 saturated heterocycles. The summed E-state index contributed by atoms with van der Waals surface area (Å²) < 4.78 is 0.946. The molecule has 1 N–H and O–H groups in total. The molecule has 0 bridgehead atoms. The summed E-state index contributed by atoms with van der Waals surface area (Å²) in [4.78, 5) is 17.6. The summed E-state index contributed by atoms with van der Waals surface area (Å²) in [5.41, 5.74) is 5.86. The highest BCUT2D eigenvalue weighted by atomic mass is 79.9. The van der Waals surface area contributed by atoms with Crippen LogP contribution in [0.5, 0.6) is 0 Å². The van der Waals surface area contributed by atoms with Gasteiger partial charge in [-0.25, -0.2) is 4.98 Å². The first-order valence-corrected chi connectivity index (χ1v) is 9.29. The number of nitrogens with one attached hydrogen (secondary N) is 1. The molecule has 1 fully saturated rings. The maximum absolute atomic E-state index is 12.8. The van der Waals surface area contributed by atoms with Crippen molar-refractivity contribution >= 4 is 32.7 Å². The lowest BCUT2D eigenvalue weighted by Crippen LogP contribution is -2.25. The van der Waals surface area contributed by atoms with E-state index in [1.165, 1.54) is 11.1 Å². The molecular formula is C21H19BrN2O. The topological polar surface area (TPSA) is 42.0 Å². The molecule has 0 atom stereocenters. The van der Waals surface area contributed by atoms with E-state index in [0.717, 1.165) is 39.5 Å². The number of aromatic nitrogens is 1. The summed E-state index contributed by atoms with van der Waals surface area (Å²) in [6.45, 7) is 4.19. The van der Waals surface area contributed by atoms with E-state index in [-0.39, 0.29) is 5.91 Å². The number of carbonyl (C=O) groups excluding carboxylic acids is 1. The zero-order valence-electron chi connectivity index (χ0n) is 14.3. The number of aryl methyl sites for hydroxylation is 2. The maximum atomic E-state index is 12.8. The molecule has 0 aliphatic heterocycles. The van der Waals surface area contributed by atoms with Crippen molar-refractivity contribution in [1.29, 1.82) is 0 Å². The van der Waals surface area contributed by atoms with Gasteiger partial charge in [-0.15, -0.1) is 0 Å². The fourth-order valence-electron chi connectivity index (χ4n) is 2.93. The lowest BCUT2D eigenvalue weighted by molar-refractivity contribution is 0.0952. The molecule has 25 heavy (non-hydrogen) atoms. The molecule has 0 unspecified atom stereocenters. The quantitative estimate of drug-likeness (QED) is 0.665. The van der Waals surface area contributed by atoms with Crippen LogP contribution in [0, 0.1) is 13.8 Å². The van der Waals surface area contributed by atoms with Crippen molar-refractivity contribution in [3.05, 3.63) is 63.6 Å². The molecule has 0 spiro atoms. The predicted molar refractivity (Wildman–Crippen MR) is 105 cm³/mol. The Kier molecular flexibility index (Phi) is 4.08. The highest BCUT2D eigenvalue weighted by molar-refractivity contribution is 9.10. The second kappa shape index (κ2) is 6.26.